The van der Waals surface area contributed by atoms with Gasteiger partial charge >= 0.3 is 0 Å². The van der Waals surface area contributed by atoms with E-state index >= 15 is 0 Å². The van der Waals surface area contributed by atoms with Gasteiger partial charge in [0.05, 0.1) is 36.1 Å². The molecule has 1 aromatic carbocycles. The van der Waals surface area contributed by atoms with Crippen LogP contribution in [0.3, 0.4) is 0 Å². The van der Waals surface area contributed by atoms with Gasteiger partial charge in [0.15, 0.2) is 5.69 Å². The van der Waals surface area contributed by atoms with E-state index < -0.39 is 47.7 Å². The van der Waals surface area contributed by atoms with Crippen molar-refractivity contribution >= 4 is 62.1 Å². The minimum atomic E-state index is -2.84. The first kappa shape index (κ1) is 40.2. The number of carbonyl (C=O) groups excluding carboxylic acids is 5. The van der Waals surface area contributed by atoms with Crippen LogP contribution in [-0.4, -0.2) is 112 Å². The summed E-state index contributed by atoms with van der Waals surface area (Å²) in [5.74, 6) is -2.08. The van der Waals surface area contributed by atoms with E-state index in [1.807, 2.05) is 16.7 Å². The van der Waals surface area contributed by atoms with Crippen molar-refractivity contribution in [1.82, 2.24) is 29.3 Å². The highest BCUT2D eigenvalue weighted by molar-refractivity contribution is 7.21. The lowest BCUT2D eigenvalue weighted by molar-refractivity contribution is -0.136. The van der Waals surface area contributed by atoms with Crippen LogP contribution in [0.2, 0.25) is 0 Å². The number of fused-ring (bicyclic) bond motifs is 2. The molecule has 1 atom stereocenters. The van der Waals surface area contributed by atoms with Crippen molar-refractivity contribution in [3.05, 3.63) is 65.2 Å². The topological polar surface area (TPSA) is 163 Å². The number of imide groups is 2. The van der Waals surface area contributed by atoms with E-state index in [9.17, 15) is 32.8 Å². The molecule has 18 heteroatoms. The van der Waals surface area contributed by atoms with Crippen molar-refractivity contribution < 1.29 is 37.5 Å². The smallest absolute Gasteiger partial charge is 0.284 e. The van der Waals surface area contributed by atoms with Gasteiger partial charge in [-0.05, 0) is 95.0 Å². The zero-order chi connectivity index (χ0) is 41.7. The number of nitrogens with zero attached hydrogens (tertiary/aromatic N) is 6. The van der Waals surface area contributed by atoms with Crippen LogP contribution in [0.25, 0.3) is 4.83 Å². The van der Waals surface area contributed by atoms with Crippen LogP contribution < -0.4 is 20.9 Å². The summed E-state index contributed by atoms with van der Waals surface area (Å²) >= 11 is 1.57. The standard InChI is InChI=1S/C42H49F2N9O6S/c1-49(26-11-7-25(8-12-26)45-29-4-2-3-28-36(29)42(58)53(41(28)57)32-13-15-33(54)47-40(32)56)21-24-5-9-27(10-6-24)52-22-30(37(48-52)38(43)44)46-39(55)31-14-16-34-51(31)23-35(60-34)50-17-19-59-20-18-50/h2-4,14,16,22-27,32,38,45H,5-13,15,17-21H2,1H3,(H,46,55)(H,47,54,56). The predicted molar refractivity (Wildman–Crippen MR) is 220 cm³/mol. The van der Waals surface area contributed by atoms with Gasteiger partial charge in [-0.2, -0.15) is 5.10 Å². The molecule has 6 heterocycles. The highest BCUT2D eigenvalue weighted by Crippen LogP contribution is 2.38. The van der Waals surface area contributed by atoms with Gasteiger partial charge in [-0.25, -0.2) is 8.78 Å². The fourth-order valence-electron chi connectivity index (χ4n) is 9.71. The first-order valence-electron chi connectivity index (χ1n) is 21.0. The number of aromatic nitrogens is 3. The molecule has 0 spiro atoms. The lowest BCUT2D eigenvalue weighted by Gasteiger charge is -2.38. The first-order valence-corrected chi connectivity index (χ1v) is 21.8. The van der Waals surface area contributed by atoms with Gasteiger partial charge in [0, 0.05) is 56.2 Å². The summed E-state index contributed by atoms with van der Waals surface area (Å²) in [4.78, 5) is 71.1. The number of hydrogen-bond acceptors (Lipinski definition) is 11. The monoisotopic (exact) mass is 845 g/mol. The van der Waals surface area contributed by atoms with Gasteiger partial charge in [-0.3, -0.25) is 38.9 Å². The molecule has 5 amide bonds. The summed E-state index contributed by atoms with van der Waals surface area (Å²) in [5.41, 5.74) is 1.11. The zero-order valence-electron chi connectivity index (χ0n) is 33.4. The molecule has 3 N–H and O–H groups in total. The number of morpholine rings is 1. The molecule has 1 unspecified atom stereocenters. The normalized spacial score (nSPS) is 25.1. The third kappa shape index (κ3) is 7.80. The SMILES string of the molecule is CN(CC1CCC(n2cc(NC(=O)c3ccc4sc(N5CCOCC5)cn34)c(C(F)F)n2)CC1)C1CCC(Nc2cccc3c2C(=O)N(C2CCC(=O)NC2=O)C3=O)CC1. The Morgan fingerprint density at radius 1 is 0.950 bits per heavy atom. The molecule has 2 saturated carbocycles. The molecule has 15 nitrogen and oxygen atoms in total. The van der Waals surface area contributed by atoms with Gasteiger partial charge in [-0.1, -0.05) is 17.4 Å². The lowest BCUT2D eigenvalue weighted by Crippen LogP contribution is -2.54. The van der Waals surface area contributed by atoms with E-state index in [2.05, 4.69) is 37.9 Å². The summed E-state index contributed by atoms with van der Waals surface area (Å²) in [6.07, 6.45) is 7.98. The maximum Gasteiger partial charge on any atom is 0.284 e. The number of hydrogen-bond donors (Lipinski definition) is 3. The van der Waals surface area contributed by atoms with Crippen LogP contribution in [0.15, 0.2) is 42.7 Å². The molecule has 60 heavy (non-hydrogen) atoms. The van der Waals surface area contributed by atoms with Gasteiger partial charge in [0.1, 0.15) is 21.6 Å². The number of alkyl halides is 2. The van der Waals surface area contributed by atoms with Crippen LogP contribution in [0.5, 0.6) is 0 Å². The van der Waals surface area contributed by atoms with E-state index in [0.29, 0.717) is 36.6 Å². The summed E-state index contributed by atoms with van der Waals surface area (Å²) in [5, 5.41) is 13.8. The Kier molecular flexibility index (Phi) is 11.2. The molecule has 9 rings (SSSR count). The number of benzene rings is 1. The highest BCUT2D eigenvalue weighted by atomic mass is 32.1. The van der Waals surface area contributed by atoms with Crippen LogP contribution in [0, 0.1) is 5.92 Å². The average Bonchev–Trinajstić information content (AvgIpc) is 4.02. The van der Waals surface area contributed by atoms with Gasteiger partial charge < -0.3 is 29.6 Å². The van der Waals surface area contributed by atoms with Gasteiger partial charge in [0.25, 0.3) is 24.1 Å². The van der Waals surface area contributed by atoms with Crippen LogP contribution in [-0.2, 0) is 14.3 Å². The van der Waals surface area contributed by atoms with E-state index in [4.69, 9.17) is 4.74 Å². The number of thiazole rings is 1. The minimum Gasteiger partial charge on any atom is -0.382 e. The number of carbonyl (C=O) groups is 5. The Bertz CT molecular complexity index is 2300. The molecule has 4 aromatic rings. The molecule has 318 valence electrons. The second kappa shape index (κ2) is 16.7. The van der Waals surface area contributed by atoms with Gasteiger partial charge in [-0.15, -0.1) is 0 Å². The number of ether oxygens (including phenoxy) is 1. The Hall–Kier alpha value is -5.20. The molecule has 3 aliphatic heterocycles. The number of amides is 5. The van der Waals surface area contributed by atoms with Crippen molar-refractivity contribution in [2.75, 3.05) is 55.4 Å². The number of nitrogens with one attached hydrogen (secondary N) is 3. The third-order valence-corrected chi connectivity index (χ3v) is 14.1. The number of anilines is 3. The van der Waals surface area contributed by atoms with Gasteiger partial charge in [0.2, 0.25) is 11.8 Å². The largest absolute Gasteiger partial charge is 0.382 e. The average molecular weight is 846 g/mol. The molecule has 5 aliphatic rings. The second-order valence-electron chi connectivity index (χ2n) is 16.7. The van der Waals surface area contributed by atoms with Crippen molar-refractivity contribution in [3.8, 4) is 0 Å². The molecule has 2 aliphatic carbocycles. The molecule has 4 fully saturated rings. The number of halogens is 2. The zero-order valence-corrected chi connectivity index (χ0v) is 34.2. The summed E-state index contributed by atoms with van der Waals surface area (Å²) < 4.78 is 37.4. The highest BCUT2D eigenvalue weighted by Gasteiger charge is 2.46. The van der Waals surface area contributed by atoms with Crippen molar-refractivity contribution in [3.63, 3.8) is 0 Å². The quantitative estimate of drug-likeness (QED) is 0.160. The van der Waals surface area contributed by atoms with Crippen molar-refractivity contribution in [2.24, 2.45) is 5.92 Å². The van der Waals surface area contributed by atoms with E-state index in [0.717, 1.165) is 85.7 Å². The Labute approximate surface area is 349 Å². The Balaban J connectivity index is 0.762. The van der Waals surface area contributed by atoms with Crippen LogP contribution >= 0.6 is 11.3 Å². The summed E-state index contributed by atoms with van der Waals surface area (Å²) in [6.45, 7) is 3.77. The van der Waals surface area contributed by atoms with Crippen molar-refractivity contribution in [2.45, 2.75) is 94.8 Å². The molecular formula is C42H49F2N9O6S. The molecular weight excluding hydrogens is 797 g/mol. The maximum absolute atomic E-state index is 14.3. The third-order valence-electron chi connectivity index (χ3n) is 13.0. The second-order valence-corrected chi connectivity index (χ2v) is 17.7. The lowest BCUT2D eigenvalue weighted by atomic mass is 9.84. The maximum atomic E-state index is 14.3. The van der Waals surface area contributed by atoms with Crippen LogP contribution in [0.4, 0.5) is 25.2 Å². The number of piperidine rings is 1. The van der Waals surface area contributed by atoms with Crippen LogP contribution in [0.1, 0.15) is 114 Å². The first-order chi connectivity index (χ1) is 29.0. The summed E-state index contributed by atoms with van der Waals surface area (Å²) in [6, 6.07) is 8.17. The molecule has 2 saturated heterocycles. The molecule has 3 aromatic heterocycles. The fourth-order valence-corrected chi connectivity index (χ4v) is 10.8. The minimum absolute atomic E-state index is 0.0338. The Morgan fingerprint density at radius 2 is 1.72 bits per heavy atom. The fraction of sp³-hybridized carbons (Fsp3) is 0.524. The summed E-state index contributed by atoms with van der Waals surface area (Å²) in [7, 11) is 2.16. The van der Waals surface area contributed by atoms with Crippen molar-refractivity contribution in [1.29, 1.82) is 0 Å². The predicted octanol–water partition coefficient (Wildman–Crippen LogP) is 5.71. The molecule has 0 radical (unpaired) electrons. The van der Waals surface area contributed by atoms with E-state index in [-0.39, 0.29) is 41.7 Å². The molecule has 0 bridgehead atoms. The Morgan fingerprint density at radius 3 is 2.45 bits per heavy atom. The number of rotatable bonds is 11. The van der Waals surface area contributed by atoms with E-state index in [1.54, 1.807) is 46.5 Å². The van der Waals surface area contributed by atoms with E-state index in [1.165, 1.54) is 0 Å².